The van der Waals surface area contributed by atoms with E-state index in [2.05, 4.69) is 0 Å². The van der Waals surface area contributed by atoms with Gasteiger partial charge in [0.1, 0.15) is 12.4 Å². The summed E-state index contributed by atoms with van der Waals surface area (Å²) in [6.07, 6.45) is 1.28. The Labute approximate surface area is 197 Å². The minimum atomic E-state index is -1.03. The molecule has 1 fully saturated rings. The molecule has 1 saturated carbocycles. The molecule has 2 N–H and O–H groups in total. The van der Waals surface area contributed by atoms with Gasteiger partial charge in [0.15, 0.2) is 0 Å². The maximum atomic E-state index is 13.8. The normalized spacial score (nSPS) is 16.0. The van der Waals surface area contributed by atoms with Crippen LogP contribution in [0.4, 0.5) is 4.79 Å². The lowest BCUT2D eigenvalue weighted by atomic mass is 9.92. The Bertz CT molecular complexity index is 1050. The van der Waals surface area contributed by atoms with E-state index in [0.717, 1.165) is 29.5 Å². The van der Waals surface area contributed by atoms with Crippen LogP contribution >= 0.6 is 11.6 Å². The molecule has 2 aromatic rings. The van der Waals surface area contributed by atoms with E-state index in [-0.39, 0.29) is 31.7 Å². The van der Waals surface area contributed by atoms with E-state index >= 15 is 0 Å². The molecule has 33 heavy (non-hydrogen) atoms. The molecule has 7 nitrogen and oxygen atoms in total. The Morgan fingerprint density at radius 3 is 2.48 bits per heavy atom. The zero-order valence-corrected chi connectivity index (χ0v) is 19.0. The van der Waals surface area contributed by atoms with Crippen LogP contribution in [0.15, 0.2) is 54.1 Å². The second kappa shape index (κ2) is 10.3. The number of nitrogens with zero attached hydrogens (tertiary/aromatic N) is 2. The first-order chi connectivity index (χ1) is 16.0. The molecule has 0 saturated heterocycles. The van der Waals surface area contributed by atoms with E-state index in [9.17, 15) is 14.7 Å². The van der Waals surface area contributed by atoms with Gasteiger partial charge in [0.05, 0.1) is 13.2 Å². The van der Waals surface area contributed by atoms with Crippen LogP contribution in [-0.4, -0.2) is 64.4 Å². The number of rotatable bonds is 8. The topological polar surface area (TPSA) is 90.3 Å². The number of ether oxygens (including phenoxy) is 1. The van der Waals surface area contributed by atoms with Crippen molar-refractivity contribution in [3.8, 4) is 5.75 Å². The molecule has 0 spiro atoms. The molecule has 174 valence electrons. The van der Waals surface area contributed by atoms with E-state index in [1.54, 1.807) is 12.1 Å². The third kappa shape index (κ3) is 5.49. The molecule has 0 aromatic heterocycles. The zero-order valence-electron chi connectivity index (χ0n) is 18.2. The van der Waals surface area contributed by atoms with Crippen LogP contribution in [0.1, 0.15) is 30.4 Å². The van der Waals surface area contributed by atoms with Crippen LogP contribution in [0.5, 0.6) is 5.75 Å². The summed E-state index contributed by atoms with van der Waals surface area (Å²) in [5.41, 5.74) is 3.11. The molecule has 0 unspecified atom stereocenters. The van der Waals surface area contributed by atoms with Crippen molar-refractivity contribution in [1.29, 1.82) is 0 Å². The predicted molar refractivity (Wildman–Crippen MR) is 125 cm³/mol. The van der Waals surface area contributed by atoms with E-state index < -0.39 is 6.09 Å². The number of aliphatic hydroxyl groups is 1. The van der Waals surface area contributed by atoms with Gasteiger partial charge in [-0.15, -0.1) is 0 Å². The number of carbonyl (C=O) groups is 2. The lowest BCUT2D eigenvalue weighted by Crippen LogP contribution is -2.42. The maximum absolute atomic E-state index is 13.8. The number of halogens is 1. The molecule has 0 bridgehead atoms. The molecule has 4 rings (SSSR count). The SMILES string of the molecule is O=C(O)N1CCC(c2ccc(OCCO)cc2)=C(C(=O)N(Cc2ccccc2Cl)C2CC2)C1. The maximum Gasteiger partial charge on any atom is 0.407 e. The van der Waals surface area contributed by atoms with Crippen molar-refractivity contribution in [3.05, 3.63) is 70.3 Å². The van der Waals surface area contributed by atoms with Crippen LogP contribution < -0.4 is 4.74 Å². The van der Waals surface area contributed by atoms with Gasteiger partial charge in [-0.2, -0.15) is 0 Å². The number of aliphatic hydroxyl groups excluding tert-OH is 1. The Morgan fingerprint density at radius 1 is 1.12 bits per heavy atom. The summed E-state index contributed by atoms with van der Waals surface area (Å²) in [5.74, 6) is 0.488. The summed E-state index contributed by atoms with van der Waals surface area (Å²) in [6, 6.07) is 15.0. The van der Waals surface area contributed by atoms with Gasteiger partial charge >= 0.3 is 6.09 Å². The minimum absolute atomic E-state index is 0.0536. The fraction of sp³-hybridized carbons (Fsp3) is 0.360. The van der Waals surface area contributed by atoms with Gasteiger partial charge in [-0.05, 0) is 54.2 Å². The van der Waals surface area contributed by atoms with Gasteiger partial charge in [-0.25, -0.2) is 4.79 Å². The third-order valence-electron chi connectivity index (χ3n) is 5.98. The fourth-order valence-corrected chi connectivity index (χ4v) is 4.29. The lowest BCUT2D eigenvalue weighted by Gasteiger charge is -2.32. The summed E-state index contributed by atoms with van der Waals surface area (Å²) in [6.45, 7) is 0.911. The first-order valence-electron chi connectivity index (χ1n) is 11.1. The van der Waals surface area contributed by atoms with Crippen LogP contribution in [0, 0.1) is 0 Å². The van der Waals surface area contributed by atoms with E-state index in [1.807, 2.05) is 41.3 Å². The second-order valence-electron chi connectivity index (χ2n) is 8.26. The van der Waals surface area contributed by atoms with Gasteiger partial charge in [-0.3, -0.25) is 4.79 Å². The average Bonchev–Trinajstić information content (AvgIpc) is 3.67. The molecule has 1 heterocycles. The van der Waals surface area contributed by atoms with Crippen molar-refractivity contribution in [2.45, 2.75) is 31.8 Å². The molecule has 2 amide bonds. The number of hydrogen-bond acceptors (Lipinski definition) is 4. The summed E-state index contributed by atoms with van der Waals surface area (Å²) >= 11 is 6.36. The fourth-order valence-electron chi connectivity index (χ4n) is 4.09. The summed E-state index contributed by atoms with van der Waals surface area (Å²) in [4.78, 5) is 28.6. The molecule has 2 aliphatic rings. The van der Waals surface area contributed by atoms with Crippen LogP contribution in [0.2, 0.25) is 5.02 Å². The predicted octanol–water partition coefficient (Wildman–Crippen LogP) is 4.04. The highest BCUT2D eigenvalue weighted by atomic mass is 35.5. The van der Waals surface area contributed by atoms with Crippen molar-refractivity contribution < 1.29 is 24.5 Å². The van der Waals surface area contributed by atoms with Crippen molar-refractivity contribution in [3.63, 3.8) is 0 Å². The molecule has 0 radical (unpaired) electrons. The highest BCUT2D eigenvalue weighted by Gasteiger charge is 2.37. The van der Waals surface area contributed by atoms with Crippen molar-refractivity contribution in [1.82, 2.24) is 9.80 Å². The van der Waals surface area contributed by atoms with Crippen LogP contribution in [0.3, 0.4) is 0 Å². The number of benzene rings is 2. The largest absolute Gasteiger partial charge is 0.491 e. The first kappa shape index (κ1) is 23.1. The van der Waals surface area contributed by atoms with Crippen LogP contribution in [-0.2, 0) is 11.3 Å². The summed E-state index contributed by atoms with van der Waals surface area (Å²) in [7, 11) is 0. The summed E-state index contributed by atoms with van der Waals surface area (Å²) < 4.78 is 5.44. The third-order valence-corrected chi connectivity index (χ3v) is 6.35. The quantitative estimate of drug-likeness (QED) is 0.607. The van der Waals surface area contributed by atoms with Crippen molar-refractivity contribution in [2.24, 2.45) is 0 Å². The Balaban J connectivity index is 1.66. The monoisotopic (exact) mass is 470 g/mol. The molecular weight excluding hydrogens is 444 g/mol. The zero-order chi connectivity index (χ0) is 23.4. The Kier molecular flexibility index (Phi) is 7.20. The van der Waals surface area contributed by atoms with E-state index in [1.165, 1.54) is 4.90 Å². The number of carboxylic acid groups (broad SMARTS) is 1. The van der Waals surface area contributed by atoms with Gasteiger partial charge < -0.3 is 24.7 Å². The van der Waals surface area contributed by atoms with E-state index in [4.69, 9.17) is 21.4 Å². The molecule has 1 aliphatic carbocycles. The number of carbonyl (C=O) groups excluding carboxylic acids is 1. The smallest absolute Gasteiger partial charge is 0.407 e. The number of amides is 2. The minimum Gasteiger partial charge on any atom is -0.491 e. The lowest BCUT2D eigenvalue weighted by molar-refractivity contribution is -0.128. The highest BCUT2D eigenvalue weighted by Crippen LogP contribution is 2.35. The van der Waals surface area contributed by atoms with E-state index in [0.29, 0.717) is 35.9 Å². The first-order valence-corrected chi connectivity index (χ1v) is 11.4. The average molecular weight is 471 g/mol. The molecule has 8 heteroatoms. The molecule has 1 aliphatic heterocycles. The number of hydrogen-bond donors (Lipinski definition) is 2. The van der Waals surface area contributed by atoms with Crippen molar-refractivity contribution in [2.75, 3.05) is 26.3 Å². The molecular formula is C25H27ClN2O5. The molecule has 0 atom stereocenters. The van der Waals surface area contributed by atoms with Gasteiger partial charge in [0.25, 0.3) is 5.91 Å². The Morgan fingerprint density at radius 2 is 1.85 bits per heavy atom. The van der Waals surface area contributed by atoms with Crippen LogP contribution in [0.25, 0.3) is 5.57 Å². The van der Waals surface area contributed by atoms with Gasteiger partial charge in [-0.1, -0.05) is 41.9 Å². The summed E-state index contributed by atoms with van der Waals surface area (Å²) in [5, 5.41) is 19.1. The van der Waals surface area contributed by atoms with Crippen molar-refractivity contribution >= 4 is 29.2 Å². The van der Waals surface area contributed by atoms with Gasteiger partial charge in [0, 0.05) is 29.7 Å². The molecule has 2 aromatic carbocycles. The Hall–Kier alpha value is -3.03. The highest BCUT2D eigenvalue weighted by molar-refractivity contribution is 6.31. The van der Waals surface area contributed by atoms with Gasteiger partial charge in [0.2, 0.25) is 0 Å². The standard InChI is InChI=1S/C25H27ClN2O5/c26-23-4-2-1-3-18(23)15-28(19-7-8-19)24(30)22-16-27(25(31)32)12-11-21(22)17-5-9-20(10-6-17)33-14-13-29/h1-6,9-10,19,29H,7-8,11-16H2,(H,31,32). The second-order valence-corrected chi connectivity index (χ2v) is 8.67.